The third-order valence-electron chi connectivity index (χ3n) is 5.43. The first kappa shape index (κ1) is 20.3. The number of hydrogen-bond acceptors (Lipinski definition) is 6. The zero-order chi connectivity index (χ0) is 20.2. The van der Waals surface area contributed by atoms with E-state index in [4.69, 9.17) is 9.97 Å². The molecule has 0 spiro atoms. The highest BCUT2D eigenvalue weighted by molar-refractivity contribution is 7.17. The molecule has 5 nitrogen and oxygen atoms in total. The Bertz CT molecular complexity index is 937. The highest BCUT2D eigenvalue weighted by Crippen LogP contribution is 2.38. The lowest BCUT2D eigenvalue weighted by Gasteiger charge is -2.24. The first-order valence-corrected chi connectivity index (χ1v) is 11.5. The minimum Gasteiger partial charge on any atom is -0.355 e. The van der Waals surface area contributed by atoms with Crippen LogP contribution in [0.4, 0.5) is 5.82 Å². The molecule has 1 aromatic carbocycles. The van der Waals surface area contributed by atoms with Gasteiger partial charge in [-0.1, -0.05) is 37.3 Å². The molecule has 1 fully saturated rings. The van der Waals surface area contributed by atoms with Gasteiger partial charge in [-0.25, -0.2) is 9.97 Å². The van der Waals surface area contributed by atoms with Crippen LogP contribution in [0, 0.1) is 0 Å². The van der Waals surface area contributed by atoms with E-state index < -0.39 is 0 Å². The van der Waals surface area contributed by atoms with Crippen molar-refractivity contribution < 1.29 is 0 Å². The maximum atomic E-state index is 5.10. The molecule has 1 aliphatic heterocycles. The largest absolute Gasteiger partial charge is 0.355 e. The number of thiophene rings is 1. The molecule has 0 bridgehead atoms. The number of anilines is 1. The summed E-state index contributed by atoms with van der Waals surface area (Å²) < 4.78 is 0. The van der Waals surface area contributed by atoms with Crippen LogP contribution in [0.3, 0.4) is 0 Å². The lowest BCUT2D eigenvalue weighted by Crippen LogP contribution is -2.32. The molecule has 0 N–H and O–H groups in total. The highest BCUT2D eigenvalue weighted by atomic mass is 32.1. The number of benzene rings is 1. The Labute approximate surface area is 178 Å². The van der Waals surface area contributed by atoms with Crippen molar-refractivity contribution in [2.24, 2.45) is 0 Å². The molecule has 3 aromatic rings. The molecule has 2 aromatic heterocycles. The maximum Gasteiger partial charge on any atom is 0.146 e. The van der Waals surface area contributed by atoms with Crippen molar-refractivity contribution in [3.63, 3.8) is 0 Å². The van der Waals surface area contributed by atoms with E-state index >= 15 is 0 Å². The summed E-state index contributed by atoms with van der Waals surface area (Å²) in [6, 6.07) is 10.7. The van der Waals surface area contributed by atoms with Crippen LogP contribution < -0.4 is 4.90 Å². The summed E-state index contributed by atoms with van der Waals surface area (Å²) in [5.41, 5.74) is 2.50. The van der Waals surface area contributed by atoms with Crippen molar-refractivity contribution in [3.8, 4) is 11.1 Å². The molecule has 6 heteroatoms. The van der Waals surface area contributed by atoms with E-state index in [2.05, 4.69) is 71.4 Å². The molecule has 154 valence electrons. The van der Waals surface area contributed by atoms with Crippen LogP contribution in [0.1, 0.15) is 25.6 Å². The van der Waals surface area contributed by atoms with E-state index in [0.29, 0.717) is 0 Å². The minimum absolute atomic E-state index is 0.761. The van der Waals surface area contributed by atoms with E-state index in [-0.39, 0.29) is 0 Å². The minimum atomic E-state index is 0.761. The lowest BCUT2D eigenvalue weighted by atomic mass is 10.1. The summed E-state index contributed by atoms with van der Waals surface area (Å²) in [5, 5.41) is 3.46. The Hall–Kier alpha value is -2.02. The second-order valence-corrected chi connectivity index (χ2v) is 8.94. The zero-order valence-electron chi connectivity index (χ0n) is 17.8. The van der Waals surface area contributed by atoms with Gasteiger partial charge in [-0.05, 0) is 45.6 Å². The van der Waals surface area contributed by atoms with Crippen LogP contribution >= 0.6 is 11.3 Å². The van der Waals surface area contributed by atoms with Gasteiger partial charge in [0.25, 0.3) is 0 Å². The maximum absolute atomic E-state index is 5.10. The molecule has 0 unspecified atom stereocenters. The molecule has 0 saturated carbocycles. The summed E-state index contributed by atoms with van der Waals surface area (Å²) >= 11 is 1.74. The van der Waals surface area contributed by atoms with Gasteiger partial charge >= 0.3 is 0 Å². The van der Waals surface area contributed by atoms with Crippen LogP contribution in [0.15, 0.2) is 35.7 Å². The lowest BCUT2D eigenvalue weighted by molar-refractivity contribution is 0.294. The van der Waals surface area contributed by atoms with E-state index in [1.165, 1.54) is 42.4 Å². The Kier molecular flexibility index (Phi) is 6.43. The molecule has 1 saturated heterocycles. The number of rotatable bonds is 6. The van der Waals surface area contributed by atoms with Crippen molar-refractivity contribution in [2.75, 3.05) is 51.7 Å². The normalized spacial score (nSPS) is 15.9. The topological polar surface area (TPSA) is 35.5 Å². The Morgan fingerprint density at radius 3 is 2.62 bits per heavy atom. The van der Waals surface area contributed by atoms with Crippen molar-refractivity contribution in [3.05, 3.63) is 41.5 Å². The molecule has 0 radical (unpaired) electrons. The average molecular weight is 410 g/mol. The van der Waals surface area contributed by atoms with Crippen molar-refractivity contribution >= 4 is 27.4 Å². The standard InChI is InChI=1S/C23H31N5S/c1-4-11-27-12-8-13-28(15-14-27)22-21-19(18-9-6-5-7-10-18)17-29-23(21)25-20(24-22)16-26(2)3/h5-7,9-10,17H,4,8,11-16H2,1-3H3. The number of fused-ring (bicyclic) bond motifs is 1. The van der Waals surface area contributed by atoms with Crippen LogP contribution in [-0.2, 0) is 6.54 Å². The summed E-state index contributed by atoms with van der Waals surface area (Å²) in [7, 11) is 4.15. The van der Waals surface area contributed by atoms with Gasteiger partial charge in [0.15, 0.2) is 0 Å². The third kappa shape index (κ3) is 4.60. The molecule has 29 heavy (non-hydrogen) atoms. The van der Waals surface area contributed by atoms with Gasteiger partial charge in [0.1, 0.15) is 16.5 Å². The Balaban J connectivity index is 1.78. The summed E-state index contributed by atoms with van der Waals surface area (Å²) in [4.78, 5) is 18.3. The summed E-state index contributed by atoms with van der Waals surface area (Å²) in [6.45, 7) is 8.58. The monoisotopic (exact) mass is 409 g/mol. The first-order chi connectivity index (χ1) is 14.2. The van der Waals surface area contributed by atoms with Gasteiger partial charge in [-0.2, -0.15) is 0 Å². The molecule has 0 amide bonds. The highest BCUT2D eigenvalue weighted by Gasteiger charge is 2.22. The molecular weight excluding hydrogens is 378 g/mol. The van der Waals surface area contributed by atoms with Gasteiger partial charge < -0.3 is 14.7 Å². The van der Waals surface area contributed by atoms with E-state index in [1.54, 1.807) is 11.3 Å². The van der Waals surface area contributed by atoms with Gasteiger partial charge in [-0.3, -0.25) is 0 Å². The quantitative estimate of drug-likeness (QED) is 0.605. The van der Waals surface area contributed by atoms with Gasteiger partial charge in [0.05, 0.1) is 11.9 Å². The van der Waals surface area contributed by atoms with Gasteiger partial charge in [-0.15, -0.1) is 11.3 Å². The number of nitrogens with zero attached hydrogens (tertiary/aromatic N) is 5. The van der Waals surface area contributed by atoms with Crippen molar-refractivity contribution in [1.82, 2.24) is 19.8 Å². The van der Waals surface area contributed by atoms with Gasteiger partial charge in [0.2, 0.25) is 0 Å². The predicted molar refractivity (Wildman–Crippen MR) is 124 cm³/mol. The molecule has 3 heterocycles. The second-order valence-electron chi connectivity index (χ2n) is 8.08. The Morgan fingerprint density at radius 1 is 1.03 bits per heavy atom. The summed E-state index contributed by atoms with van der Waals surface area (Å²) in [5.74, 6) is 2.03. The van der Waals surface area contributed by atoms with Crippen LogP contribution in [0.2, 0.25) is 0 Å². The molecular formula is C23H31N5S. The fraction of sp³-hybridized carbons (Fsp3) is 0.478. The van der Waals surface area contributed by atoms with Crippen LogP contribution in [0.25, 0.3) is 21.3 Å². The number of aromatic nitrogens is 2. The molecule has 0 aliphatic carbocycles. The van der Waals surface area contributed by atoms with E-state index in [0.717, 1.165) is 42.7 Å². The molecule has 4 rings (SSSR count). The first-order valence-electron chi connectivity index (χ1n) is 10.6. The van der Waals surface area contributed by atoms with Crippen molar-refractivity contribution in [1.29, 1.82) is 0 Å². The predicted octanol–water partition coefficient (Wildman–Crippen LogP) is 4.34. The Morgan fingerprint density at radius 2 is 1.86 bits per heavy atom. The van der Waals surface area contributed by atoms with E-state index in [9.17, 15) is 0 Å². The molecule has 1 aliphatic rings. The fourth-order valence-corrected chi connectivity index (χ4v) is 5.06. The van der Waals surface area contributed by atoms with Crippen LogP contribution in [0.5, 0.6) is 0 Å². The second kappa shape index (κ2) is 9.20. The van der Waals surface area contributed by atoms with Crippen molar-refractivity contribution in [2.45, 2.75) is 26.3 Å². The number of hydrogen-bond donors (Lipinski definition) is 0. The summed E-state index contributed by atoms with van der Waals surface area (Å²) in [6.07, 6.45) is 2.40. The smallest absolute Gasteiger partial charge is 0.146 e. The van der Waals surface area contributed by atoms with Crippen LogP contribution in [-0.4, -0.2) is 66.6 Å². The SMILES string of the molecule is CCCN1CCCN(c2nc(CN(C)C)nc3scc(-c4ccccc4)c23)CC1. The average Bonchev–Trinajstić information content (AvgIpc) is 3.00. The molecule has 0 atom stereocenters. The zero-order valence-corrected chi connectivity index (χ0v) is 18.6. The fourth-order valence-electron chi connectivity index (χ4n) is 4.10. The van der Waals surface area contributed by atoms with E-state index in [1.807, 2.05) is 0 Å². The van der Waals surface area contributed by atoms with Gasteiger partial charge in [0, 0.05) is 30.6 Å². The third-order valence-corrected chi connectivity index (χ3v) is 6.30.